The van der Waals surface area contributed by atoms with E-state index in [9.17, 15) is 9.59 Å². The minimum atomic E-state index is -0.732. The van der Waals surface area contributed by atoms with Crippen molar-refractivity contribution in [1.29, 1.82) is 0 Å². The summed E-state index contributed by atoms with van der Waals surface area (Å²) in [7, 11) is 0. The number of fused-ring (bicyclic) bond motifs is 1. The number of rotatable bonds is 4. The van der Waals surface area contributed by atoms with Gasteiger partial charge in [-0.15, -0.1) is 11.3 Å². The number of benzene rings is 1. The second-order valence-corrected chi connectivity index (χ2v) is 8.33. The summed E-state index contributed by atoms with van der Waals surface area (Å²) in [5.41, 5.74) is 4.05. The number of aromatic nitrogens is 2. The summed E-state index contributed by atoms with van der Waals surface area (Å²) in [5, 5.41) is 0.562. The second kappa shape index (κ2) is 7.27. The third-order valence-electron chi connectivity index (χ3n) is 4.72. The van der Waals surface area contributed by atoms with Crippen molar-refractivity contribution >= 4 is 27.5 Å². The molecule has 2 heterocycles. The number of ether oxygens (including phenoxy) is 1. The molecule has 0 bridgehead atoms. The standard InChI is InChI=1S/C21H24N2O3S/c1-11(2)26-21(25)14(5)23-10-22-19-18(20(23)24)17(15(6)27-19)16-8-7-12(3)13(4)9-16/h7-11,14H,1-6H3/t14-/m1/s1. The van der Waals surface area contributed by atoms with E-state index < -0.39 is 12.0 Å². The predicted octanol–water partition coefficient (Wildman–Crippen LogP) is 4.56. The van der Waals surface area contributed by atoms with Crippen LogP contribution in [0.15, 0.2) is 29.3 Å². The van der Waals surface area contributed by atoms with Crippen molar-refractivity contribution in [3.63, 3.8) is 0 Å². The molecule has 0 fully saturated rings. The van der Waals surface area contributed by atoms with Gasteiger partial charge in [0.25, 0.3) is 5.56 Å². The SMILES string of the molecule is Cc1ccc(-c2c(C)sc3ncn([C@H](C)C(=O)OC(C)C)c(=O)c23)cc1C. The summed E-state index contributed by atoms with van der Waals surface area (Å²) in [6, 6.07) is 5.45. The summed E-state index contributed by atoms with van der Waals surface area (Å²) < 4.78 is 6.62. The molecule has 0 spiro atoms. The van der Waals surface area contributed by atoms with Gasteiger partial charge in [-0.25, -0.2) is 9.78 Å². The fraction of sp³-hybridized carbons (Fsp3) is 0.381. The van der Waals surface area contributed by atoms with E-state index >= 15 is 0 Å². The summed E-state index contributed by atoms with van der Waals surface area (Å²) >= 11 is 1.50. The van der Waals surface area contributed by atoms with Crippen LogP contribution in [0.1, 0.15) is 42.8 Å². The lowest BCUT2D eigenvalue weighted by Crippen LogP contribution is -2.30. The summed E-state index contributed by atoms with van der Waals surface area (Å²) in [5.74, 6) is -0.437. The lowest BCUT2D eigenvalue weighted by atomic mass is 9.99. The van der Waals surface area contributed by atoms with E-state index in [1.165, 1.54) is 33.4 Å². The normalized spacial score (nSPS) is 12.6. The molecular weight excluding hydrogens is 360 g/mol. The van der Waals surface area contributed by atoms with Crippen LogP contribution in [0.5, 0.6) is 0 Å². The number of hydrogen-bond acceptors (Lipinski definition) is 5. The first-order valence-electron chi connectivity index (χ1n) is 8.99. The van der Waals surface area contributed by atoms with Crippen molar-refractivity contribution in [3.8, 4) is 11.1 Å². The van der Waals surface area contributed by atoms with Gasteiger partial charge in [-0.05, 0) is 58.2 Å². The van der Waals surface area contributed by atoms with Crippen LogP contribution in [0.25, 0.3) is 21.3 Å². The van der Waals surface area contributed by atoms with Gasteiger partial charge in [-0.2, -0.15) is 0 Å². The van der Waals surface area contributed by atoms with E-state index in [2.05, 4.69) is 31.0 Å². The van der Waals surface area contributed by atoms with Crippen LogP contribution in [-0.2, 0) is 9.53 Å². The Labute approximate surface area is 162 Å². The smallest absolute Gasteiger partial charge is 0.329 e. The number of esters is 1. The van der Waals surface area contributed by atoms with Crippen molar-refractivity contribution in [2.24, 2.45) is 0 Å². The molecule has 1 atom stereocenters. The molecule has 0 aliphatic heterocycles. The van der Waals surface area contributed by atoms with E-state index in [0.717, 1.165) is 16.0 Å². The number of carbonyl (C=O) groups excluding carboxylic acids is 1. The Morgan fingerprint density at radius 3 is 2.48 bits per heavy atom. The maximum Gasteiger partial charge on any atom is 0.329 e. The van der Waals surface area contributed by atoms with Crippen molar-refractivity contribution < 1.29 is 9.53 Å². The second-order valence-electron chi connectivity index (χ2n) is 7.13. The zero-order valence-corrected chi connectivity index (χ0v) is 17.3. The lowest BCUT2D eigenvalue weighted by Gasteiger charge is -2.16. The summed E-state index contributed by atoms with van der Waals surface area (Å²) in [4.78, 5) is 31.7. The zero-order valence-electron chi connectivity index (χ0n) is 16.5. The molecule has 0 amide bonds. The van der Waals surface area contributed by atoms with Gasteiger partial charge in [0.2, 0.25) is 0 Å². The zero-order chi connectivity index (χ0) is 19.9. The van der Waals surface area contributed by atoms with Crippen molar-refractivity contribution in [2.75, 3.05) is 0 Å². The summed E-state index contributed by atoms with van der Waals surface area (Å²) in [6.07, 6.45) is 1.21. The predicted molar refractivity (Wildman–Crippen MR) is 109 cm³/mol. The van der Waals surface area contributed by atoms with Crippen LogP contribution in [0.4, 0.5) is 0 Å². The first-order chi connectivity index (χ1) is 12.7. The van der Waals surface area contributed by atoms with Crippen LogP contribution in [-0.4, -0.2) is 21.6 Å². The number of carbonyl (C=O) groups is 1. The van der Waals surface area contributed by atoms with Crippen LogP contribution in [0.3, 0.4) is 0 Å². The monoisotopic (exact) mass is 384 g/mol. The number of aryl methyl sites for hydroxylation is 3. The third-order valence-corrected chi connectivity index (χ3v) is 5.73. The lowest BCUT2D eigenvalue weighted by molar-refractivity contribution is -0.151. The Morgan fingerprint density at radius 2 is 1.85 bits per heavy atom. The van der Waals surface area contributed by atoms with Crippen LogP contribution in [0.2, 0.25) is 0 Å². The van der Waals surface area contributed by atoms with Crippen LogP contribution < -0.4 is 5.56 Å². The minimum absolute atomic E-state index is 0.217. The molecule has 3 rings (SSSR count). The van der Waals surface area contributed by atoms with E-state index in [0.29, 0.717) is 10.2 Å². The minimum Gasteiger partial charge on any atom is -0.461 e. The molecule has 5 nitrogen and oxygen atoms in total. The van der Waals surface area contributed by atoms with Gasteiger partial charge in [-0.1, -0.05) is 18.2 Å². The fourth-order valence-corrected chi connectivity index (χ4v) is 4.08. The molecular formula is C21H24N2O3S. The molecule has 0 aliphatic carbocycles. The quantitative estimate of drug-likeness (QED) is 0.619. The highest BCUT2D eigenvalue weighted by molar-refractivity contribution is 7.19. The molecule has 0 saturated carbocycles. The Morgan fingerprint density at radius 1 is 1.15 bits per heavy atom. The van der Waals surface area contributed by atoms with Gasteiger partial charge in [0.15, 0.2) is 0 Å². The van der Waals surface area contributed by atoms with Crippen molar-refractivity contribution in [1.82, 2.24) is 9.55 Å². The molecule has 2 aromatic heterocycles. The molecule has 1 aromatic carbocycles. The highest BCUT2D eigenvalue weighted by Gasteiger charge is 2.23. The van der Waals surface area contributed by atoms with Crippen LogP contribution >= 0.6 is 11.3 Å². The number of nitrogens with zero attached hydrogens (tertiary/aromatic N) is 2. The van der Waals surface area contributed by atoms with Gasteiger partial charge < -0.3 is 4.74 Å². The average molecular weight is 385 g/mol. The van der Waals surface area contributed by atoms with Gasteiger partial charge >= 0.3 is 5.97 Å². The topological polar surface area (TPSA) is 61.2 Å². The Bertz CT molecular complexity index is 1080. The molecule has 0 radical (unpaired) electrons. The van der Waals surface area contributed by atoms with E-state index in [4.69, 9.17) is 4.74 Å². The molecule has 142 valence electrons. The van der Waals surface area contributed by atoms with Gasteiger partial charge in [-0.3, -0.25) is 9.36 Å². The van der Waals surface area contributed by atoms with E-state index in [1.54, 1.807) is 20.8 Å². The van der Waals surface area contributed by atoms with Gasteiger partial charge in [0.05, 0.1) is 17.8 Å². The average Bonchev–Trinajstić information content (AvgIpc) is 2.93. The number of thiophene rings is 1. The molecule has 0 N–H and O–H groups in total. The fourth-order valence-electron chi connectivity index (χ4n) is 3.08. The molecule has 6 heteroatoms. The largest absolute Gasteiger partial charge is 0.461 e. The first kappa shape index (κ1) is 19.3. The van der Waals surface area contributed by atoms with E-state index in [1.807, 2.05) is 13.0 Å². The van der Waals surface area contributed by atoms with E-state index in [-0.39, 0.29) is 11.7 Å². The Hall–Kier alpha value is -2.47. The summed E-state index contributed by atoms with van der Waals surface area (Å²) in [6.45, 7) is 11.4. The highest BCUT2D eigenvalue weighted by Crippen LogP contribution is 2.36. The van der Waals surface area contributed by atoms with Crippen molar-refractivity contribution in [3.05, 3.63) is 50.9 Å². The van der Waals surface area contributed by atoms with Crippen LogP contribution in [0, 0.1) is 20.8 Å². The first-order valence-corrected chi connectivity index (χ1v) is 9.80. The molecule has 0 saturated heterocycles. The Kier molecular flexibility index (Phi) is 5.20. The maximum atomic E-state index is 13.2. The maximum absolute atomic E-state index is 13.2. The van der Waals surface area contributed by atoms with Crippen molar-refractivity contribution in [2.45, 2.75) is 53.7 Å². The third kappa shape index (κ3) is 3.54. The Balaban J connectivity index is 2.19. The molecule has 0 unspecified atom stereocenters. The molecule has 3 aromatic rings. The highest BCUT2D eigenvalue weighted by atomic mass is 32.1. The van der Waals surface area contributed by atoms with Gasteiger partial charge in [0, 0.05) is 10.4 Å². The molecule has 0 aliphatic rings. The number of hydrogen-bond donors (Lipinski definition) is 0. The molecule has 27 heavy (non-hydrogen) atoms. The van der Waals surface area contributed by atoms with Gasteiger partial charge in [0.1, 0.15) is 10.9 Å².